The number of rotatable bonds is 1. The van der Waals surface area contributed by atoms with Gasteiger partial charge in [-0.1, -0.05) is 0 Å². The standard InChI is InChI=1S/C8H10O2S/c1-6-2-3-7(10-6)8-9-4-5-11-8/h2-3,8H,4-5H2,1H3. The van der Waals surface area contributed by atoms with Crippen LogP contribution in [0.2, 0.25) is 0 Å². The molecule has 0 bridgehead atoms. The average Bonchev–Trinajstić information content (AvgIpc) is 2.55. The summed E-state index contributed by atoms with van der Waals surface area (Å²) in [7, 11) is 0. The highest BCUT2D eigenvalue weighted by Gasteiger charge is 2.20. The Kier molecular flexibility index (Phi) is 1.92. The summed E-state index contributed by atoms with van der Waals surface area (Å²) in [6.45, 7) is 2.79. The van der Waals surface area contributed by atoms with E-state index in [9.17, 15) is 0 Å². The predicted molar refractivity (Wildman–Crippen MR) is 44.6 cm³/mol. The zero-order valence-electron chi connectivity index (χ0n) is 6.37. The molecule has 0 aliphatic carbocycles. The minimum absolute atomic E-state index is 0.142. The van der Waals surface area contributed by atoms with Crippen molar-refractivity contribution in [2.45, 2.75) is 12.4 Å². The summed E-state index contributed by atoms with van der Waals surface area (Å²) in [5.74, 6) is 2.98. The van der Waals surface area contributed by atoms with E-state index in [0.717, 1.165) is 23.9 Å². The van der Waals surface area contributed by atoms with Crippen LogP contribution in [0.5, 0.6) is 0 Å². The van der Waals surface area contributed by atoms with Gasteiger partial charge in [0.2, 0.25) is 0 Å². The van der Waals surface area contributed by atoms with Gasteiger partial charge >= 0.3 is 0 Å². The Hall–Kier alpha value is -0.410. The molecule has 0 radical (unpaired) electrons. The van der Waals surface area contributed by atoms with E-state index in [1.807, 2.05) is 19.1 Å². The van der Waals surface area contributed by atoms with E-state index < -0.39 is 0 Å². The largest absolute Gasteiger partial charge is 0.463 e. The Balaban J connectivity index is 2.15. The zero-order valence-corrected chi connectivity index (χ0v) is 7.19. The molecule has 0 aromatic carbocycles. The molecule has 0 spiro atoms. The van der Waals surface area contributed by atoms with Gasteiger partial charge in [-0.05, 0) is 19.1 Å². The van der Waals surface area contributed by atoms with Crippen molar-refractivity contribution in [2.24, 2.45) is 0 Å². The molecule has 1 saturated heterocycles. The second-order valence-electron chi connectivity index (χ2n) is 2.52. The number of thioether (sulfide) groups is 1. The molecule has 1 fully saturated rings. The fourth-order valence-corrected chi connectivity index (χ4v) is 1.99. The molecule has 0 saturated carbocycles. The van der Waals surface area contributed by atoms with E-state index in [4.69, 9.17) is 9.15 Å². The number of furan rings is 1. The first-order valence-corrected chi connectivity index (χ1v) is 4.71. The quantitative estimate of drug-likeness (QED) is 0.646. The summed E-state index contributed by atoms with van der Waals surface area (Å²) in [4.78, 5) is 0. The molecule has 2 nitrogen and oxygen atoms in total. The van der Waals surface area contributed by atoms with Crippen molar-refractivity contribution in [1.29, 1.82) is 0 Å². The smallest absolute Gasteiger partial charge is 0.161 e. The molecule has 1 aromatic heterocycles. The summed E-state index contributed by atoms with van der Waals surface area (Å²) in [6.07, 6.45) is 0. The fraction of sp³-hybridized carbons (Fsp3) is 0.500. The third-order valence-corrected chi connectivity index (χ3v) is 2.69. The predicted octanol–water partition coefficient (Wildman–Crippen LogP) is 2.35. The van der Waals surface area contributed by atoms with E-state index in [1.165, 1.54) is 0 Å². The minimum Gasteiger partial charge on any atom is -0.463 e. The lowest BCUT2D eigenvalue weighted by atomic mass is 10.4. The van der Waals surface area contributed by atoms with Crippen molar-refractivity contribution in [3.8, 4) is 0 Å². The van der Waals surface area contributed by atoms with Crippen LogP contribution in [-0.2, 0) is 4.74 Å². The maximum absolute atomic E-state index is 5.42. The maximum atomic E-state index is 5.42. The molecule has 60 valence electrons. The molecule has 1 aromatic rings. The first-order valence-electron chi connectivity index (χ1n) is 3.66. The van der Waals surface area contributed by atoms with Crippen molar-refractivity contribution in [2.75, 3.05) is 12.4 Å². The third-order valence-electron chi connectivity index (χ3n) is 1.62. The molecule has 0 amide bonds. The van der Waals surface area contributed by atoms with Gasteiger partial charge in [0, 0.05) is 5.75 Å². The van der Waals surface area contributed by atoms with Crippen molar-refractivity contribution >= 4 is 11.8 Å². The molecule has 2 rings (SSSR count). The summed E-state index contributed by atoms with van der Waals surface area (Å²) in [5, 5.41) is 0. The van der Waals surface area contributed by atoms with Crippen LogP contribution in [0.15, 0.2) is 16.5 Å². The number of aryl methyl sites for hydroxylation is 1. The molecule has 11 heavy (non-hydrogen) atoms. The molecule has 1 aliphatic rings. The van der Waals surface area contributed by atoms with Crippen molar-refractivity contribution in [1.82, 2.24) is 0 Å². The summed E-state index contributed by atoms with van der Waals surface area (Å²) >= 11 is 1.79. The molecule has 1 atom stereocenters. The third kappa shape index (κ3) is 1.44. The number of hydrogen-bond acceptors (Lipinski definition) is 3. The normalized spacial score (nSPS) is 24.3. The van der Waals surface area contributed by atoms with Crippen LogP contribution in [-0.4, -0.2) is 12.4 Å². The zero-order chi connectivity index (χ0) is 7.68. The summed E-state index contributed by atoms with van der Waals surface area (Å²) in [6, 6.07) is 3.95. The van der Waals surface area contributed by atoms with Gasteiger partial charge in [-0.3, -0.25) is 0 Å². The van der Waals surface area contributed by atoms with Crippen LogP contribution in [0.1, 0.15) is 17.0 Å². The van der Waals surface area contributed by atoms with Gasteiger partial charge in [0.1, 0.15) is 11.5 Å². The Morgan fingerprint density at radius 2 is 2.45 bits per heavy atom. The SMILES string of the molecule is Cc1ccc(C2OCCS2)o1. The van der Waals surface area contributed by atoms with E-state index >= 15 is 0 Å². The molecular formula is C8H10O2S. The van der Waals surface area contributed by atoms with E-state index in [-0.39, 0.29) is 5.44 Å². The van der Waals surface area contributed by atoms with Crippen molar-refractivity contribution in [3.63, 3.8) is 0 Å². The van der Waals surface area contributed by atoms with Crippen LogP contribution >= 0.6 is 11.8 Å². The van der Waals surface area contributed by atoms with Gasteiger partial charge in [-0.25, -0.2) is 0 Å². The van der Waals surface area contributed by atoms with Gasteiger partial charge in [0.15, 0.2) is 5.44 Å². The topological polar surface area (TPSA) is 22.4 Å². The Morgan fingerprint density at radius 1 is 1.55 bits per heavy atom. The summed E-state index contributed by atoms with van der Waals surface area (Å²) in [5.41, 5.74) is 0.142. The van der Waals surface area contributed by atoms with Crippen LogP contribution in [0.25, 0.3) is 0 Å². The lowest BCUT2D eigenvalue weighted by molar-refractivity contribution is 0.127. The molecule has 2 heterocycles. The van der Waals surface area contributed by atoms with Gasteiger partial charge in [-0.2, -0.15) is 0 Å². The van der Waals surface area contributed by atoms with Gasteiger partial charge < -0.3 is 9.15 Å². The monoisotopic (exact) mass is 170 g/mol. The Morgan fingerprint density at radius 3 is 3.00 bits per heavy atom. The Bertz CT molecular complexity index is 238. The number of ether oxygens (including phenoxy) is 1. The fourth-order valence-electron chi connectivity index (χ4n) is 1.10. The van der Waals surface area contributed by atoms with Crippen LogP contribution in [0.3, 0.4) is 0 Å². The number of hydrogen-bond donors (Lipinski definition) is 0. The van der Waals surface area contributed by atoms with Crippen LogP contribution in [0.4, 0.5) is 0 Å². The molecular weight excluding hydrogens is 160 g/mol. The van der Waals surface area contributed by atoms with E-state index in [2.05, 4.69) is 0 Å². The van der Waals surface area contributed by atoms with E-state index in [1.54, 1.807) is 11.8 Å². The first kappa shape index (κ1) is 7.25. The second kappa shape index (κ2) is 2.91. The lowest BCUT2D eigenvalue weighted by Gasteiger charge is -2.02. The highest BCUT2D eigenvalue weighted by molar-refractivity contribution is 7.99. The van der Waals surface area contributed by atoms with Gasteiger partial charge in [0.25, 0.3) is 0 Å². The molecule has 1 aliphatic heterocycles. The molecule has 0 N–H and O–H groups in total. The highest BCUT2D eigenvalue weighted by atomic mass is 32.2. The van der Waals surface area contributed by atoms with Crippen molar-refractivity contribution in [3.05, 3.63) is 23.7 Å². The van der Waals surface area contributed by atoms with E-state index in [0.29, 0.717) is 0 Å². The van der Waals surface area contributed by atoms with Gasteiger partial charge in [0.05, 0.1) is 6.61 Å². The van der Waals surface area contributed by atoms with Crippen molar-refractivity contribution < 1.29 is 9.15 Å². The molecule has 1 unspecified atom stereocenters. The Labute approximate surface area is 69.9 Å². The molecule has 3 heteroatoms. The first-order chi connectivity index (χ1) is 5.36. The second-order valence-corrected chi connectivity index (χ2v) is 3.69. The van der Waals surface area contributed by atoms with Crippen LogP contribution < -0.4 is 0 Å². The van der Waals surface area contributed by atoms with Gasteiger partial charge in [-0.15, -0.1) is 11.8 Å². The lowest BCUT2D eigenvalue weighted by Crippen LogP contribution is -1.89. The van der Waals surface area contributed by atoms with Crippen LogP contribution in [0, 0.1) is 6.92 Å². The maximum Gasteiger partial charge on any atom is 0.161 e. The summed E-state index contributed by atoms with van der Waals surface area (Å²) < 4.78 is 10.8. The average molecular weight is 170 g/mol. The highest BCUT2D eigenvalue weighted by Crippen LogP contribution is 2.35. The minimum atomic E-state index is 0.142.